The smallest absolute Gasteiger partial charge is 0.0654 e. The zero-order valence-electron chi connectivity index (χ0n) is 10.6. The van der Waals surface area contributed by atoms with Gasteiger partial charge in [0.2, 0.25) is 0 Å². The largest absolute Gasteiger partial charge is 0.261 e. The van der Waals surface area contributed by atoms with Crippen molar-refractivity contribution in [2.45, 2.75) is 18.7 Å². The summed E-state index contributed by atoms with van der Waals surface area (Å²) in [5.41, 5.74) is 3.50. The predicted molar refractivity (Wildman–Crippen MR) is 83.1 cm³/mol. The molecule has 3 rings (SSSR count). The van der Waals surface area contributed by atoms with E-state index in [0.717, 1.165) is 12.1 Å². The standard InChI is InChI=1S/C16H14ClNS/c1-11-5-4-8-18-15(11)9-14(17)13-10-19-16-7-3-2-6-12(13)16/h2-8,10,14H,9H2,1H3. The van der Waals surface area contributed by atoms with Gasteiger partial charge < -0.3 is 0 Å². The molecule has 0 aliphatic heterocycles. The van der Waals surface area contributed by atoms with E-state index in [1.807, 2.05) is 12.3 Å². The molecule has 2 heterocycles. The summed E-state index contributed by atoms with van der Waals surface area (Å²) < 4.78 is 1.29. The molecule has 0 aliphatic carbocycles. The van der Waals surface area contributed by atoms with Crippen molar-refractivity contribution in [3.63, 3.8) is 0 Å². The number of alkyl halides is 1. The number of thiophene rings is 1. The fraction of sp³-hybridized carbons (Fsp3) is 0.188. The van der Waals surface area contributed by atoms with Crippen LogP contribution in [0.1, 0.15) is 22.2 Å². The van der Waals surface area contributed by atoms with E-state index in [-0.39, 0.29) is 5.38 Å². The summed E-state index contributed by atoms with van der Waals surface area (Å²) in [6.07, 6.45) is 2.60. The van der Waals surface area contributed by atoms with E-state index in [4.69, 9.17) is 11.6 Å². The fourth-order valence-electron chi connectivity index (χ4n) is 2.25. The SMILES string of the molecule is Cc1cccnc1CC(Cl)c1csc2ccccc12. The first-order chi connectivity index (χ1) is 9.25. The Hall–Kier alpha value is -1.38. The van der Waals surface area contributed by atoms with Crippen LogP contribution >= 0.6 is 22.9 Å². The van der Waals surface area contributed by atoms with E-state index < -0.39 is 0 Å². The van der Waals surface area contributed by atoms with Crippen molar-refractivity contribution in [1.82, 2.24) is 4.98 Å². The minimum Gasteiger partial charge on any atom is -0.261 e. The minimum atomic E-state index is -0.0234. The van der Waals surface area contributed by atoms with Crippen molar-refractivity contribution in [3.8, 4) is 0 Å². The zero-order chi connectivity index (χ0) is 13.2. The summed E-state index contributed by atoms with van der Waals surface area (Å²) >= 11 is 8.35. The third-order valence-corrected chi connectivity index (χ3v) is 4.71. The van der Waals surface area contributed by atoms with Gasteiger partial charge in [0.15, 0.2) is 0 Å². The van der Waals surface area contributed by atoms with Crippen LogP contribution in [0.3, 0.4) is 0 Å². The van der Waals surface area contributed by atoms with Crippen molar-refractivity contribution >= 4 is 33.0 Å². The molecule has 3 aromatic rings. The third kappa shape index (κ3) is 2.51. The average Bonchev–Trinajstić information content (AvgIpc) is 2.85. The molecule has 1 nitrogen and oxygen atoms in total. The molecule has 96 valence electrons. The maximum absolute atomic E-state index is 6.60. The third-order valence-electron chi connectivity index (χ3n) is 3.34. The molecule has 0 saturated carbocycles. The van der Waals surface area contributed by atoms with Gasteiger partial charge in [-0.1, -0.05) is 24.3 Å². The van der Waals surface area contributed by atoms with E-state index in [9.17, 15) is 0 Å². The quantitative estimate of drug-likeness (QED) is 0.609. The number of nitrogens with zero attached hydrogens (tertiary/aromatic N) is 1. The number of rotatable bonds is 3. The van der Waals surface area contributed by atoms with Crippen LogP contribution in [0, 0.1) is 6.92 Å². The maximum atomic E-state index is 6.60. The van der Waals surface area contributed by atoms with E-state index in [1.165, 1.54) is 21.2 Å². The second-order valence-electron chi connectivity index (χ2n) is 4.63. The summed E-state index contributed by atoms with van der Waals surface area (Å²) in [4.78, 5) is 4.43. The molecule has 0 aliphatic rings. The van der Waals surface area contributed by atoms with Crippen LogP contribution in [-0.4, -0.2) is 4.98 Å². The Morgan fingerprint density at radius 2 is 2.05 bits per heavy atom. The van der Waals surface area contributed by atoms with Gasteiger partial charge in [0.1, 0.15) is 0 Å². The summed E-state index contributed by atoms with van der Waals surface area (Å²) in [6, 6.07) is 12.4. The van der Waals surface area contributed by atoms with Crippen LogP contribution in [-0.2, 0) is 6.42 Å². The zero-order valence-corrected chi connectivity index (χ0v) is 12.2. The number of aromatic nitrogens is 1. The lowest BCUT2D eigenvalue weighted by atomic mass is 10.0. The number of fused-ring (bicyclic) bond motifs is 1. The predicted octanol–water partition coefficient (Wildman–Crippen LogP) is 5.13. The summed E-state index contributed by atoms with van der Waals surface area (Å²) in [5, 5.41) is 3.41. The number of hydrogen-bond donors (Lipinski definition) is 0. The molecule has 0 fully saturated rings. The molecule has 1 unspecified atom stereocenters. The first-order valence-electron chi connectivity index (χ1n) is 6.26. The molecular formula is C16H14ClNS. The Morgan fingerprint density at radius 1 is 1.21 bits per heavy atom. The molecule has 0 radical (unpaired) electrons. The van der Waals surface area contributed by atoms with E-state index in [2.05, 4.69) is 47.6 Å². The van der Waals surface area contributed by atoms with Crippen molar-refractivity contribution in [1.29, 1.82) is 0 Å². The minimum absolute atomic E-state index is 0.0234. The van der Waals surface area contributed by atoms with E-state index in [0.29, 0.717) is 0 Å². The topological polar surface area (TPSA) is 12.9 Å². The molecular weight excluding hydrogens is 274 g/mol. The lowest BCUT2D eigenvalue weighted by Crippen LogP contribution is -1.99. The number of halogens is 1. The van der Waals surface area contributed by atoms with Crippen LogP contribution < -0.4 is 0 Å². The lowest BCUT2D eigenvalue weighted by molar-refractivity contribution is 0.878. The fourth-order valence-corrected chi connectivity index (χ4v) is 3.67. The molecule has 3 heteroatoms. The van der Waals surface area contributed by atoms with Gasteiger partial charge in [-0.25, -0.2) is 0 Å². The summed E-state index contributed by atoms with van der Waals surface area (Å²) in [7, 11) is 0. The Morgan fingerprint density at radius 3 is 2.89 bits per heavy atom. The van der Waals surface area contributed by atoms with Gasteiger partial charge >= 0.3 is 0 Å². The van der Waals surface area contributed by atoms with Gasteiger partial charge in [-0.05, 0) is 40.9 Å². The Labute approximate surface area is 121 Å². The van der Waals surface area contributed by atoms with Crippen molar-refractivity contribution < 1.29 is 0 Å². The first kappa shape index (κ1) is 12.6. The van der Waals surface area contributed by atoms with Crippen molar-refractivity contribution in [2.75, 3.05) is 0 Å². The Bertz CT molecular complexity index is 705. The molecule has 19 heavy (non-hydrogen) atoms. The Balaban J connectivity index is 1.92. The number of aryl methyl sites for hydroxylation is 1. The number of pyridine rings is 1. The van der Waals surface area contributed by atoms with Crippen LogP contribution in [0.5, 0.6) is 0 Å². The molecule has 0 bridgehead atoms. The van der Waals surface area contributed by atoms with E-state index in [1.54, 1.807) is 11.3 Å². The second-order valence-corrected chi connectivity index (χ2v) is 6.06. The summed E-state index contributed by atoms with van der Waals surface area (Å²) in [6.45, 7) is 2.08. The molecule has 1 aromatic carbocycles. The monoisotopic (exact) mass is 287 g/mol. The van der Waals surface area contributed by atoms with Crippen molar-refractivity contribution in [3.05, 3.63) is 64.8 Å². The highest BCUT2D eigenvalue weighted by Gasteiger charge is 2.15. The van der Waals surface area contributed by atoms with E-state index >= 15 is 0 Å². The van der Waals surface area contributed by atoms with Crippen molar-refractivity contribution in [2.24, 2.45) is 0 Å². The van der Waals surface area contributed by atoms with Gasteiger partial charge in [-0.2, -0.15) is 0 Å². The molecule has 0 amide bonds. The van der Waals surface area contributed by atoms with Gasteiger partial charge in [-0.3, -0.25) is 4.98 Å². The maximum Gasteiger partial charge on any atom is 0.0654 e. The van der Waals surface area contributed by atoms with Crippen LogP contribution in [0.4, 0.5) is 0 Å². The highest BCUT2D eigenvalue weighted by molar-refractivity contribution is 7.17. The van der Waals surface area contributed by atoms with Crippen LogP contribution in [0.15, 0.2) is 48.0 Å². The molecule has 0 spiro atoms. The normalized spacial score (nSPS) is 12.7. The molecule has 2 aromatic heterocycles. The summed E-state index contributed by atoms with van der Waals surface area (Å²) in [5.74, 6) is 0. The number of hydrogen-bond acceptors (Lipinski definition) is 2. The Kier molecular flexibility index (Phi) is 3.54. The van der Waals surface area contributed by atoms with Gasteiger partial charge in [-0.15, -0.1) is 22.9 Å². The highest BCUT2D eigenvalue weighted by atomic mass is 35.5. The molecule has 0 saturated heterocycles. The second kappa shape index (κ2) is 5.32. The van der Waals surface area contributed by atoms with Gasteiger partial charge in [0, 0.05) is 23.0 Å². The van der Waals surface area contributed by atoms with Gasteiger partial charge in [0.05, 0.1) is 5.38 Å². The van der Waals surface area contributed by atoms with Crippen LogP contribution in [0.25, 0.3) is 10.1 Å². The van der Waals surface area contributed by atoms with Crippen LogP contribution in [0.2, 0.25) is 0 Å². The average molecular weight is 288 g/mol. The molecule has 0 N–H and O–H groups in total. The first-order valence-corrected chi connectivity index (χ1v) is 7.58. The number of benzene rings is 1. The van der Waals surface area contributed by atoms with Gasteiger partial charge in [0.25, 0.3) is 0 Å². The molecule has 1 atom stereocenters. The highest BCUT2D eigenvalue weighted by Crippen LogP contribution is 2.35. The lowest BCUT2D eigenvalue weighted by Gasteiger charge is -2.10.